The zero-order valence-electron chi connectivity index (χ0n) is 26.6. The van der Waals surface area contributed by atoms with Crippen LogP contribution in [0.4, 0.5) is 0 Å². The number of nitrogens with two attached hydrogens (primary N) is 1. The first-order chi connectivity index (χ1) is 19.9. The van der Waals surface area contributed by atoms with Gasteiger partial charge in [0.2, 0.25) is 23.6 Å². The van der Waals surface area contributed by atoms with E-state index in [-0.39, 0.29) is 30.4 Å². The molecule has 0 aliphatic rings. The molecule has 0 aliphatic heterocycles. The summed E-state index contributed by atoms with van der Waals surface area (Å²) in [6, 6.07) is 3.86. The zero-order chi connectivity index (χ0) is 33.0. The fourth-order valence-corrected chi connectivity index (χ4v) is 5.24. The smallest absolute Gasteiger partial charge is 0.404 e. The summed E-state index contributed by atoms with van der Waals surface area (Å²) >= 11 is 0. The molecule has 43 heavy (non-hydrogen) atoms. The highest BCUT2D eigenvalue weighted by atomic mass is 31.2. The molecule has 0 spiro atoms. The van der Waals surface area contributed by atoms with Crippen molar-refractivity contribution in [2.24, 2.45) is 17.1 Å². The van der Waals surface area contributed by atoms with Crippen molar-refractivity contribution in [3.63, 3.8) is 0 Å². The van der Waals surface area contributed by atoms with Crippen LogP contribution in [0, 0.1) is 11.3 Å². The van der Waals surface area contributed by atoms with Gasteiger partial charge in [0, 0.05) is 23.8 Å². The molecular weight excluding hydrogens is 575 g/mol. The van der Waals surface area contributed by atoms with E-state index in [9.17, 15) is 23.7 Å². The Morgan fingerprint density at radius 3 is 2.07 bits per heavy atom. The Balaban J connectivity index is 3.20. The van der Waals surface area contributed by atoms with Crippen LogP contribution >= 0.6 is 7.82 Å². The highest BCUT2D eigenvalue weighted by molar-refractivity contribution is 7.46. The number of unbranched alkanes of at least 4 members (excludes halogenated alkanes) is 2. The Kier molecular flexibility index (Phi) is 14.9. The minimum Gasteiger partial charge on any atom is -0.404 e. The third kappa shape index (κ3) is 13.5. The standard InChI is InChI=1S/C30H51N4O8P/c1-8-11-12-13-24(35)32-23(18-21-14-16-22(17-15-21)42-43(39,40)41)26(36)33-25(20(4)9-2)27(37)34-29(5,6)19-30(7,10-3)28(31)38/h14-17,20,23,25H,8-13,18-19H2,1-7H3,(H2,31,38)(H,32,35)(H,33,36)(H,34,37)(H2,39,40,41). The molecule has 4 unspecified atom stereocenters. The number of phosphoric acid groups is 1. The molecule has 13 heteroatoms. The minimum atomic E-state index is -4.73. The van der Waals surface area contributed by atoms with E-state index in [1.54, 1.807) is 32.9 Å². The van der Waals surface area contributed by atoms with E-state index < -0.39 is 48.6 Å². The van der Waals surface area contributed by atoms with Crippen molar-refractivity contribution in [3.8, 4) is 5.75 Å². The van der Waals surface area contributed by atoms with Crippen molar-refractivity contribution in [2.45, 2.75) is 117 Å². The fraction of sp³-hybridized carbons (Fsp3) is 0.667. The van der Waals surface area contributed by atoms with Crippen LogP contribution < -0.4 is 26.2 Å². The summed E-state index contributed by atoms with van der Waals surface area (Å²) in [4.78, 5) is 70.1. The van der Waals surface area contributed by atoms with Crippen molar-refractivity contribution in [3.05, 3.63) is 29.8 Å². The van der Waals surface area contributed by atoms with Crippen LogP contribution in [0.5, 0.6) is 5.75 Å². The number of hydrogen-bond acceptors (Lipinski definition) is 6. The van der Waals surface area contributed by atoms with Crippen LogP contribution in [-0.2, 0) is 30.2 Å². The lowest BCUT2D eigenvalue weighted by Crippen LogP contribution is -2.59. The van der Waals surface area contributed by atoms with Gasteiger partial charge in [-0.2, -0.15) is 0 Å². The van der Waals surface area contributed by atoms with Crippen LogP contribution in [0.3, 0.4) is 0 Å². The van der Waals surface area contributed by atoms with Gasteiger partial charge >= 0.3 is 7.82 Å². The van der Waals surface area contributed by atoms with Gasteiger partial charge in [-0.25, -0.2) is 4.57 Å². The van der Waals surface area contributed by atoms with Crippen molar-refractivity contribution in [2.75, 3.05) is 0 Å². The summed E-state index contributed by atoms with van der Waals surface area (Å²) < 4.78 is 15.7. The maximum absolute atomic E-state index is 13.6. The topological polar surface area (TPSA) is 197 Å². The molecule has 0 radical (unpaired) electrons. The molecule has 7 N–H and O–H groups in total. The van der Waals surface area contributed by atoms with Crippen LogP contribution in [-0.4, -0.2) is 51.0 Å². The number of benzene rings is 1. The van der Waals surface area contributed by atoms with Gasteiger partial charge in [0.05, 0.1) is 0 Å². The van der Waals surface area contributed by atoms with E-state index in [0.29, 0.717) is 31.2 Å². The third-order valence-corrected chi connectivity index (χ3v) is 8.16. The fourth-order valence-electron chi connectivity index (χ4n) is 4.84. The first kappa shape index (κ1) is 38.1. The summed E-state index contributed by atoms with van der Waals surface area (Å²) in [5.74, 6) is -2.02. The lowest BCUT2D eigenvalue weighted by atomic mass is 9.76. The van der Waals surface area contributed by atoms with Gasteiger partial charge in [-0.1, -0.05) is 66.0 Å². The van der Waals surface area contributed by atoms with E-state index in [2.05, 4.69) is 20.5 Å². The maximum atomic E-state index is 13.6. The molecule has 4 amide bonds. The van der Waals surface area contributed by atoms with Gasteiger partial charge in [0.25, 0.3) is 0 Å². The van der Waals surface area contributed by atoms with Gasteiger partial charge < -0.3 is 26.2 Å². The Bertz CT molecular complexity index is 1140. The lowest BCUT2D eigenvalue weighted by Gasteiger charge is -2.37. The molecular formula is C30H51N4O8P. The van der Waals surface area contributed by atoms with Crippen molar-refractivity contribution in [1.82, 2.24) is 16.0 Å². The molecule has 1 aromatic rings. The number of primary amides is 1. The Morgan fingerprint density at radius 1 is 0.977 bits per heavy atom. The zero-order valence-corrected chi connectivity index (χ0v) is 27.5. The first-order valence-corrected chi connectivity index (χ1v) is 16.4. The van der Waals surface area contributed by atoms with Gasteiger partial charge in [-0.3, -0.25) is 29.0 Å². The second-order valence-electron chi connectivity index (χ2n) is 12.2. The number of nitrogens with one attached hydrogen (secondary N) is 3. The normalized spacial score (nSPS) is 15.4. The van der Waals surface area contributed by atoms with Crippen molar-refractivity contribution < 1.29 is 38.1 Å². The average molecular weight is 627 g/mol. The van der Waals surface area contributed by atoms with Crippen molar-refractivity contribution >= 4 is 31.5 Å². The largest absolute Gasteiger partial charge is 0.524 e. The Labute approximate surface area is 255 Å². The number of carbonyl (C=O) groups is 4. The molecule has 244 valence electrons. The Hall–Kier alpha value is -2.95. The number of carbonyl (C=O) groups excluding carboxylic acids is 4. The average Bonchev–Trinajstić information content (AvgIpc) is 2.90. The molecule has 4 atom stereocenters. The number of phosphoric ester groups is 1. The molecule has 1 rings (SSSR count). The van der Waals surface area contributed by atoms with E-state index in [4.69, 9.17) is 15.5 Å². The predicted octanol–water partition coefficient (Wildman–Crippen LogP) is 3.48. The maximum Gasteiger partial charge on any atom is 0.524 e. The lowest BCUT2D eigenvalue weighted by molar-refractivity contribution is -0.134. The number of amides is 4. The summed E-state index contributed by atoms with van der Waals surface area (Å²) in [7, 11) is -4.73. The van der Waals surface area contributed by atoms with Gasteiger partial charge in [0.15, 0.2) is 0 Å². The second-order valence-corrected chi connectivity index (χ2v) is 13.4. The summed E-state index contributed by atoms with van der Waals surface area (Å²) in [6.45, 7) is 13.0. The van der Waals surface area contributed by atoms with E-state index in [0.717, 1.165) is 12.8 Å². The van der Waals surface area contributed by atoms with E-state index in [1.807, 2.05) is 27.7 Å². The van der Waals surface area contributed by atoms with Crippen LogP contribution in [0.15, 0.2) is 24.3 Å². The van der Waals surface area contributed by atoms with Crippen molar-refractivity contribution in [1.29, 1.82) is 0 Å². The molecule has 0 bridgehead atoms. The molecule has 12 nitrogen and oxygen atoms in total. The molecule has 0 aliphatic carbocycles. The number of hydrogen-bond donors (Lipinski definition) is 6. The van der Waals surface area contributed by atoms with Gasteiger partial charge in [-0.05, 0) is 56.7 Å². The second kappa shape index (κ2) is 16.8. The molecule has 0 aromatic heterocycles. The SMILES string of the molecule is CCCCCC(=O)NC(Cc1ccc(OP(=O)(O)O)cc1)C(=O)NC(C(=O)NC(C)(C)CC(C)(CC)C(N)=O)C(C)CC. The van der Waals surface area contributed by atoms with Gasteiger partial charge in [-0.15, -0.1) is 0 Å². The molecule has 0 saturated carbocycles. The highest BCUT2D eigenvalue weighted by Crippen LogP contribution is 2.37. The van der Waals surface area contributed by atoms with E-state index in [1.165, 1.54) is 12.1 Å². The number of rotatable bonds is 19. The molecule has 0 heterocycles. The van der Waals surface area contributed by atoms with E-state index >= 15 is 0 Å². The summed E-state index contributed by atoms with van der Waals surface area (Å²) in [5.41, 5.74) is 4.60. The Morgan fingerprint density at radius 2 is 1.58 bits per heavy atom. The predicted molar refractivity (Wildman–Crippen MR) is 165 cm³/mol. The van der Waals surface area contributed by atoms with Crippen LogP contribution in [0.1, 0.15) is 99.0 Å². The van der Waals surface area contributed by atoms with Crippen LogP contribution in [0.2, 0.25) is 0 Å². The monoisotopic (exact) mass is 626 g/mol. The minimum absolute atomic E-state index is 0.0479. The highest BCUT2D eigenvalue weighted by Gasteiger charge is 2.39. The summed E-state index contributed by atoms with van der Waals surface area (Å²) in [5, 5.41) is 8.61. The van der Waals surface area contributed by atoms with Gasteiger partial charge in [0.1, 0.15) is 17.8 Å². The quantitative estimate of drug-likeness (QED) is 0.0991. The summed E-state index contributed by atoms with van der Waals surface area (Å²) in [6.07, 6.45) is 4.16. The van der Waals surface area contributed by atoms with Crippen LogP contribution in [0.25, 0.3) is 0 Å². The molecule has 0 fully saturated rings. The molecule has 1 aromatic carbocycles. The third-order valence-electron chi connectivity index (χ3n) is 7.71. The molecule has 0 saturated heterocycles. The first-order valence-electron chi connectivity index (χ1n) is 14.9.